The molecular formula is C18H15F2N3O2. The molecule has 25 heavy (non-hydrogen) atoms. The number of alkyl halides is 2. The number of nitrogens with one attached hydrogen (secondary N) is 1. The van der Waals surface area contributed by atoms with Gasteiger partial charge in [-0.15, -0.1) is 0 Å². The van der Waals surface area contributed by atoms with Crippen molar-refractivity contribution in [3.63, 3.8) is 0 Å². The van der Waals surface area contributed by atoms with E-state index in [9.17, 15) is 13.6 Å². The summed E-state index contributed by atoms with van der Waals surface area (Å²) in [5.41, 5.74) is 2.16. The fraction of sp³-hybridized carbons (Fsp3) is 0.111. The summed E-state index contributed by atoms with van der Waals surface area (Å²) in [5.74, 6) is -0.140. The molecule has 0 unspecified atom stereocenters. The van der Waals surface area contributed by atoms with E-state index in [2.05, 4.69) is 15.2 Å². The summed E-state index contributed by atoms with van der Waals surface area (Å²) < 4.78 is 30.2. The van der Waals surface area contributed by atoms with Crippen molar-refractivity contribution < 1.29 is 18.3 Å². The van der Waals surface area contributed by atoms with Gasteiger partial charge in [0.2, 0.25) is 0 Å². The third kappa shape index (κ3) is 4.41. The van der Waals surface area contributed by atoms with E-state index < -0.39 is 6.61 Å². The Bertz CT molecular complexity index is 817. The van der Waals surface area contributed by atoms with Crippen molar-refractivity contribution in [3.8, 4) is 11.4 Å². The van der Waals surface area contributed by atoms with E-state index in [-0.39, 0.29) is 18.2 Å². The summed E-state index contributed by atoms with van der Waals surface area (Å²) in [6, 6.07) is 15.0. The summed E-state index contributed by atoms with van der Waals surface area (Å²) in [4.78, 5) is 12.2. The van der Waals surface area contributed by atoms with Crippen LogP contribution in [0.3, 0.4) is 0 Å². The van der Waals surface area contributed by atoms with E-state index in [1.165, 1.54) is 12.1 Å². The fourth-order valence-electron chi connectivity index (χ4n) is 2.26. The highest BCUT2D eigenvalue weighted by molar-refractivity contribution is 5.94. The summed E-state index contributed by atoms with van der Waals surface area (Å²) in [6.45, 7) is -2.57. The molecule has 1 amide bonds. The molecule has 0 saturated carbocycles. The zero-order valence-electron chi connectivity index (χ0n) is 13.1. The molecule has 3 rings (SSSR count). The normalized spacial score (nSPS) is 10.7. The number of benzene rings is 2. The molecule has 0 radical (unpaired) electrons. The second kappa shape index (κ2) is 7.57. The van der Waals surface area contributed by atoms with E-state index in [0.29, 0.717) is 5.56 Å². The third-order valence-electron chi connectivity index (χ3n) is 3.50. The van der Waals surface area contributed by atoms with Crippen molar-refractivity contribution >= 4 is 5.91 Å². The Morgan fingerprint density at radius 2 is 1.84 bits per heavy atom. The summed E-state index contributed by atoms with van der Waals surface area (Å²) in [7, 11) is 0. The molecule has 2 aromatic carbocycles. The maximum atomic E-state index is 12.2. The molecule has 0 saturated heterocycles. The van der Waals surface area contributed by atoms with E-state index in [1.807, 2.05) is 12.3 Å². The van der Waals surface area contributed by atoms with Crippen LogP contribution in [0.5, 0.6) is 5.75 Å². The highest BCUT2D eigenvalue weighted by Crippen LogP contribution is 2.15. The van der Waals surface area contributed by atoms with Gasteiger partial charge in [0.1, 0.15) is 5.75 Å². The largest absolute Gasteiger partial charge is 0.435 e. The molecule has 1 heterocycles. The van der Waals surface area contributed by atoms with Crippen LogP contribution in [0.1, 0.15) is 15.9 Å². The van der Waals surface area contributed by atoms with Gasteiger partial charge < -0.3 is 10.1 Å². The third-order valence-corrected chi connectivity index (χ3v) is 3.50. The molecule has 5 nitrogen and oxygen atoms in total. The average Bonchev–Trinajstić information content (AvgIpc) is 3.15. The van der Waals surface area contributed by atoms with Crippen LogP contribution in [0.2, 0.25) is 0 Å². The SMILES string of the molecule is O=C(NCc1ccc(OC(F)F)cc1)c1ccc(-n2cccn2)cc1. The van der Waals surface area contributed by atoms with Crippen LogP contribution in [0, 0.1) is 0 Å². The number of aromatic nitrogens is 2. The quantitative estimate of drug-likeness (QED) is 0.746. The van der Waals surface area contributed by atoms with Gasteiger partial charge in [-0.25, -0.2) is 4.68 Å². The maximum Gasteiger partial charge on any atom is 0.387 e. The molecule has 128 valence electrons. The number of halogens is 2. The second-order valence-corrected chi connectivity index (χ2v) is 5.20. The number of hydrogen-bond donors (Lipinski definition) is 1. The van der Waals surface area contributed by atoms with Crippen molar-refractivity contribution in [2.45, 2.75) is 13.2 Å². The van der Waals surface area contributed by atoms with Gasteiger partial charge in [0.25, 0.3) is 5.91 Å². The first kappa shape index (κ1) is 16.6. The van der Waals surface area contributed by atoms with E-state index in [0.717, 1.165) is 11.3 Å². The number of hydrogen-bond acceptors (Lipinski definition) is 3. The molecule has 0 bridgehead atoms. The molecule has 0 fully saturated rings. The van der Waals surface area contributed by atoms with E-state index in [4.69, 9.17) is 0 Å². The Hall–Kier alpha value is -3.22. The van der Waals surface area contributed by atoms with Gasteiger partial charge in [0.05, 0.1) is 5.69 Å². The molecule has 1 aromatic heterocycles. The van der Waals surface area contributed by atoms with Crippen LogP contribution < -0.4 is 10.1 Å². The Balaban J connectivity index is 1.57. The standard InChI is InChI=1S/C18H15F2N3O2/c19-18(20)25-16-8-2-13(3-9-16)12-21-17(24)14-4-6-15(7-5-14)23-11-1-10-22-23/h1-11,18H,12H2,(H,21,24). The van der Waals surface area contributed by atoms with Gasteiger partial charge in [-0.3, -0.25) is 4.79 Å². The predicted molar refractivity (Wildman–Crippen MR) is 87.8 cm³/mol. The first-order chi connectivity index (χ1) is 12.1. The summed E-state index contributed by atoms with van der Waals surface area (Å²) in [5, 5.41) is 6.90. The maximum absolute atomic E-state index is 12.2. The number of nitrogens with zero attached hydrogens (tertiary/aromatic N) is 2. The van der Waals surface area contributed by atoms with Crippen LogP contribution in [0.4, 0.5) is 8.78 Å². The first-order valence-corrected chi connectivity index (χ1v) is 7.54. The molecule has 1 N–H and O–H groups in total. The van der Waals surface area contributed by atoms with Gasteiger partial charge >= 0.3 is 6.61 Å². The first-order valence-electron chi connectivity index (χ1n) is 7.54. The second-order valence-electron chi connectivity index (χ2n) is 5.20. The lowest BCUT2D eigenvalue weighted by molar-refractivity contribution is -0.0498. The molecule has 0 aliphatic carbocycles. The minimum Gasteiger partial charge on any atom is -0.435 e. The zero-order valence-corrected chi connectivity index (χ0v) is 13.1. The zero-order chi connectivity index (χ0) is 17.6. The molecule has 0 aliphatic heterocycles. The van der Waals surface area contributed by atoms with Gasteiger partial charge in [-0.1, -0.05) is 12.1 Å². The molecule has 0 atom stereocenters. The Morgan fingerprint density at radius 3 is 2.44 bits per heavy atom. The van der Waals surface area contributed by atoms with Crippen molar-refractivity contribution in [1.29, 1.82) is 0 Å². The van der Waals surface area contributed by atoms with Crippen LogP contribution >= 0.6 is 0 Å². The molecule has 7 heteroatoms. The van der Waals surface area contributed by atoms with Crippen molar-refractivity contribution in [2.24, 2.45) is 0 Å². The van der Waals surface area contributed by atoms with Crippen LogP contribution in [-0.2, 0) is 6.54 Å². The average molecular weight is 343 g/mol. The van der Waals surface area contributed by atoms with Gasteiger partial charge in [-0.05, 0) is 48.0 Å². The topological polar surface area (TPSA) is 56.1 Å². The lowest BCUT2D eigenvalue weighted by Crippen LogP contribution is -2.22. The van der Waals surface area contributed by atoms with Crippen LogP contribution in [0.15, 0.2) is 67.0 Å². The molecule has 3 aromatic rings. The monoisotopic (exact) mass is 343 g/mol. The fourth-order valence-corrected chi connectivity index (χ4v) is 2.26. The van der Waals surface area contributed by atoms with Gasteiger partial charge in [0.15, 0.2) is 0 Å². The Kier molecular flexibility index (Phi) is 5.03. The van der Waals surface area contributed by atoms with Gasteiger partial charge in [-0.2, -0.15) is 13.9 Å². The van der Waals surface area contributed by atoms with Crippen LogP contribution in [-0.4, -0.2) is 22.3 Å². The van der Waals surface area contributed by atoms with Crippen molar-refractivity contribution in [2.75, 3.05) is 0 Å². The van der Waals surface area contributed by atoms with Crippen molar-refractivity contribution in [3.05, 3.63) is 78.1 Å². The highest BCUT2D eigenvalue weighted by Gasteiger charge is 2.07. The van der Waals surface area contributed by atoms with E-state index >= 15 is 0 Å². The Labute approximate surface area is 142 Å². The number of amides is 1. The molecular weight excluding hydrogens is 328 g/mol. The Morgan fingerprint density at radius 1 is 1.12 bits per heavy atom. The number of rotatable bonds is 6. The minimum atomic E-state index is -2.85. The highest BCUT2D eigenvalue weighted by atomic mass is 19.3. The molecule has 0 aliphatic rings. The van der Waals surface area contributed by atoms with Crippen molar-refractivity contribution in [1.82, 2.24) is 15.1 Å². The number of carbonyl (C=O) groups is 1. The minimum absolute atomic E-state index is 0.0827. The summed E-state index contributed by atoms with van der Waals surface area (Å²) in [6.07, 6.45) is 3.49. The van der Waals surface area contributed by atoms with E-state index in [1.54, 1.807) is 47.3 Å². The van der Waals surface area contributed by atoms with Crippen LogP contribution in [0.25, 0.3) is 5.69 Å². The van der Waals surface area contributed by atoms with Gasteiger partial charge in [0, 0.05) is 24.5 Å². The molecule has 0 spiro atoms. The predicted octanol–water partition coefficient (Wildman–Crippen LogP) is 3.40. The number of carbonyl (C=O) groups excluding carboxylic acids is 1. The lowest BCUT2D eigenvalue weighted by Gasteiger charge is -2.08. The smallest absolute Gasteiger partial charge is 0.387 e. The lowest BCUT2D eigenvalue weighted by atomic mass is 10.1. The summed E-state index contributed by atoms with van der Waals surface area (Å²) >= 11 is 0. The number of ether oxygens (including phenoxy) is 1.